The van der Waals surface area contributed by atoms with Crippen molar-refractivity contribution in [3.8, 4) is 0 Å². The second-order valence-corrected chi connectivity index (χ2v) is 5.75. The molecule has 4 nitrogen and oxygen atoms in total. The lowest BCUT2D eigenvalue weighted by molar-refractivity contribution is 0.0745. The number of aryl methyl sites for hydroxylation is 1. The second-order valence-electron chi connectivity index (χ2n) is 5.75. The Morgan fingerprint density at radius 2 is 2.00 bits per heavy atom. The zero-order valence-corrected chi connectivity index (χ0v) is 14.1. The number of hydrogen-bond acceptors (Lipinski definition) is 3. The summed E-state index contributed by atoms with van der Waals surface area (Å²) in [7, 11) is 0. The van der Waals surface area contributed by atoms with Crippen LogP contribution in [0.15, 0.2) is 12.1 Å². The van der Waals surface area contributed by atoms with Gasteiger partial charge in [0, 0.05) is 30.9 Å². The predicted molar refractivity (Wildman–Crippen MR) is 88.8 cm³/mol. The average Bonchev–Trinajstić information content (AvgIpc) is 2.44. The van der Waals surface area contributed by atoms with Crippen LogP contribution in [0.2, 0.25) is 0 Å². The first-order valence-electron chi connectivity index (χ1n) is 8.05. The monoisotopic (exact) mass is 291 g/mol. The van der Waals surface area contributed by atoms with Crippen molar-refractivity contribution in [1.82, 2.24) is 9.88 Å². The van der Waals surface area contributed by atoms with E-state index in [2.05, 4.69) is 31.1 Å². The third-order valence-electron chi connectivity index (χ3n) is 3.24. The van der Waals surface area contributed by atoms with E-state index >= 15 is 0 Å². The molecule has 1 N–H and O–H groups in total. The van der Waals surface area contributed by atoms with Gasteiger partial charge in [-0.2, -0.15) is 0 Å². The Morgan fingerprint density at radius 3 is 2.52 bits per heavy atom. The fourth-order valence-electron chi connectivity index (χ4n) is 2.35. The molecule has 1 heterocycles. The van der Waals surface area contributed by atoms with Gasteiger partial charge in [0.05, 0.1) is 0 Å². The zero-order chi connectivity index (χ0) is 15.8. The molecule has 0 aliphatic heterocycles. The second kappa shape index (κ2) is 8.65. The number of carbonyl (C=O) groups is 1. The van der Waals surface area contributed by atoms with E-state index in [0.717, 1.165) is 49.6 Å². The molecule has 0 fully saturated rings. The van der Waals surface area contributed by atoms with Gasteiger partial charge in [0.15, 0.2) is 0 Å². The van der Waals surface area contributed by atoms with E-state index < -0.39 is 0 Å². The van der Waals surface area contributed by atoms with Gasteiger partial charge in [-0.1, -0.05) is 27.2 Å². The van der Waals surface area contributed by atoms with Crippen LogP contribution in [0.4, 0.5) is 5.82 Å². The Morgan fingerprint density at radius 1 is 1.29 bits per heavy atom. The van der Waals surface area contributed by atoms with Crippen LogP contribution in [0.1, 0.15) is 57.1 Å². The first-order chi connectivity index (χ1) is 10.0. The molecule has 1 rings (SSSR count). The van der Waals surface area contributed by atoms with E-state index in [1.165, 1.54) is 0 Å². The molecule has 1 aromatic heterocycles. The molecule has 0 saturated heterocycles. The fraction of sp³-hybridized carbons (Fsp3) is 0.647. The van der Waals surface area contributed by atoms with Crippen LogP contribution in [0.5, 0.6) is 0 Å². The Labute approximate surface area is 129 Å². The smallest absolute Gasteiger partial charge is 0.254 e. The minimum atomic E-state index is 0.102. The molecule has 21 heavy (non-hydrogen) atoms. The van der Waals surface area contributed by atoms with Crippen LogP contribution >= 0.6 is 0 Å². The third kappa shape index (κ3) is 5.37. The van der Waals surface area contributed by atoms with Gasteiger partial charge in [0.25, 0.3) is 5.91 Å². The maximum Gasteiger partial charge on any atom is 0.254 e. The maximum absolute atomic E-state index is 12.7. The quantitative estimate of drug-likeness (QED) is 0.796. The van der Waals surface area contributed by atoms with E-state index in [9.17, 15) is 4.79 Å². The summed E-state index contributed by atoms with van der Waals surface area (Å²) in [5.74, 6) is 1.37. The standard InChI is InChI=1S/C17H29N3O/c1-6-9-15-10-14(11-16(19-15)18-7-2)17(21)20(8-3)12-13(4)5/h10-11,13H,6-9,12H2,1-5H3,(H,18,19). The number of nitrogens with zero attached hydrogens (tertiary/aromatic N) is 2. The Kier molecular flexibility index (Phi) is 7.20. The number of carbonyl (C=O) groups excluding carboxylic acids is 1. The first kappa shape index (κ1) is 17.5. The highest BCUT2D eigenvalue weighted by molar-refractivity contribution is 5.95. The normalized spacial score (nSPS) is 10.8. The highest BCUT2D eigenvalue weighted by Gasteiger charge is 2.17. The largest absolute Gasteiger partial charge is 0.370 e. The van der Waals surface area contributed by atoms with Gasteiger partial charge in [0.1, 0.15) is 5.82 Å². The van der Waals surface area contributed by atoms with E-state index in [-0.39, 0.29) is 5.91 Å². The van der Waals surface area contributed by atoms with Gasteiger partial charge in [-0.25, -0.2) is 4.98 Å². The highest BCUT2D eigenvalue weighted by Crippen LogP contribution is 2.15. The van der Waals surface area contributed by atoms with Crippen molar-refractivity contribution in [3.63, 3.8) is 0 Å². The number of rotatable bonds is 8. The SMILES string of the molecule is CCCc1cc(C(=O)N(CC)CC(C)C)cc(NCC)n1. The van der Waals surface area contributed by atoms with Crippen molar-refractivity contribution < 1.29 is 4.79 Å². The molecule has 0 spiro atoms. The summed E-state index contributed by atoms with van der Waals surface area (Å²) in [5, 5.41) is 3.22. The maximum atomic E-state index is 12.7. The van der Waals surface area contributed by atoms with Crippen molar-refractivity contribution in [2.75, 3.05) is 25.0 Å². The highest BCUT2D eigenvalue weighted by atomic mass is 16.2. The van der Waals surface area contributed by atoms with Crippen LogP contribution in [-0.2, 0) is 6.42 Å². The molecule has 0 aromatic carbocycles. The van der Waals surface area contributed by atoms with Crippen LogP contribution in [0.25, 0.3) is 0 Å². The summed E-state index contributed by atoms with van der Waals surface area (Å²) in [4.78, 5) is 19.2. The van der Waals surface area contributed by atoms with Crippen molar-refractivity contribution in [2.45, 2.75) is 47.5 Å². The van der Waals surface area contributed by atoms with Crippen LogP contribution in [-0.4, -0.2) is 35.4 Å². The minimum absolute atomic E-state index is 0.102. The lowest BCUT2D eigenvalue weighted by atomic mass is 10.1. The van der Waals surface area contributed by atoms with E-state index in [1.807, 2.05) is 30.9 Å². The molecule has 0 aliphatic carbocycles. The number of hydrogen-bond donors (Lipinski definition) is 1. The van der Waals surface area contributed by atoms with E-state index in [0.29, 0.717) is 5.92 Å². The topological polar surface area (TPSA) is 45.2 Å². The van der Waals surface area contributed by atoms with E-state index in [1.54, 1.807) is 0 Å². The minimum Gasteiger partial charge on any atom is -0.370 e. The number of pyridine rings is 1. The summed E-state index contributed by atoms with van der Waals surface area (Å²) >= 11 is 0. The average molecular weight is 291 g/mol. The zero-order valence-electron chi connectivity index (χ0n) is 14.1. The molecule has 1 amide bonds. The molecule has 0 saturated carbocycles. The summed E-state index contributed by atoms with van der Waals surface area (Å²) in [5.41, 5.74) is 1.73. The van der Waals surface area contributed by atoms with Gasteiger partial charge in [-0.15, -0.1) is 0 Å². The lowest BCUT2D eigenvalue weighted by Gasteiger charge is -2.23. The van der Waals surface area contributed by atoms with Crippen molar-refractivity contribution in [2.24, 2.45) is 5.92 Å². The van der Waals surface area contributed by atoms with Gasteiger partial charge in [-0.05, 0) is 38.3 Å². The Hall–Kier alpha value is -1.58. The number of nitrogens with one attached hydrogen (secondary N) is 1. The van der Waals surface area contributed by atoms with Crippen LogP contribution < -0.4 is 5.32 Å². The molecule has 118 valence electrons. The molecular weight excluding hydrogens is 262 g/mol. The van der Waals surface area contributed by atoms with Crippen molar-refractivity contribution >= 4 is 11.7 Å². The van der Waals surface area contributed by atoms with Gasteiger partial charge < -0.3 is 10.2 Å². The van der Waals surface area contributed by atoms with E-state index in [4.69, 9.17) is 0 Å². The molecule has 1 aromatic rings. The van der Waals surface area contributed by atoms with Gasteiger partial charge in [-0.3, -0.25) is 4.79 Å². The predicted octanol–water partition coefficient (Wildman–Crippen LogP) is 3.58. The number of anilines is 1. The van der Waals surface area contributed by atoms with Crippen molar-refractivity contribution in [1.29, 1.82) is 0 Å². The van der Waals surface area contributed by atoms with Crippen LogP contribution in [0, 0.1) is 5.92 Å². The van der Waals surface area contributed by atoms with Gasteiger partial charge in [0.2, 0.25) is 0 Å². The molecule has 0 atom stereocenters. The van der Waals surface area contributed by atoms with Crippen LogP contribution in [0.3, 0.4) is 0 Å². The van der Waals surface area contributed by atoms with Crippen molar-refractivity contribution in [3.05, 3.63) is 23.4 Å². The molecular formula is C17H29N3O. The molecule has 0 radical (unpaired) electrons. The molecule has 0 unspecified atom stereocenters. The van der Waals surface area contributed by atoms with Gasteiger partial charge >= 0.3 is 0 Å². The molecule has 0 bridgehead atoms. The molecule has 4 heteroatoms. The summed E-state index contributed by atoms with van der Waals surface area (Å²) in [6, 6.07) is 3.81. The molecule has 0 aliphatic rings. The summed E-state index contributed by atoms with van der Waals surface area (Å²) in [6.07, 6.45) is 1.93. The summed E-state index contributed by atoms with van der Waals surface area (Å²) in [6.45, 7) is 12.8. The Bertz CT molecular complexity index is 433. The summed E-state index contributed by atoms with van der Waals surface area (Å²) < 4.78 is 0. The Balaban J connectivity index is 3.05. The first-order valence-corrected chi connectivity index (χ1v) is 8.05. The number of aromatic nitrogens is 1. The fourth-order valence-corrected chi connectivity index (χ4v) is 2.35. The number of amides is 1. The lowest BCUT2D eigenvalue weighted by Crippen LogP contribution is -2.34. The third-order valence-corrected chi connectivity index (χ3v) is 3.24.